The van der Waals surface area contributed by atoms with E-state index in [0.717, 1.165) is 40.6 Å². The highest BCUT2D eigenvalue weighted by Gasteiger charge is 2.21. The first-order chi connectivity index (χ1) is 12.0. The van der Waals surface area contributed by atoms with Crippen LogP contribution in [0.1, 0.15) is 31.3 Å². The van der Waals surface area contributed by atoms with Crippen LogP contribution in [0.15, 0.2) is 18.2 Å². The highest BCUT2D eigenvalue weighted by Crippen LogP contribution is 2.32. The number of nitrogens with one attached hydrogen (secondary N) is 1. The molecule has 1 aliphatic heterocycles. The predicted octanol–water partition coefficient (Wildman–Crippen LogP) is 2.88. The molecule has 0 spiro atoms. The van der Waals surface area contributed by atoms with E-state index in [1.54, 1.807) is 0 Å². The van der Waals surface area contributed by atoms with Crippen molar-refractivity contribution >= 4 is 45.8 Å². The molecule has 0 saturated heterocycles. The fourth-order valence-corrected chi connectivity index (χ4v) is 4.45. The number of non-ortho nitro benzene ring substituents is 1. The number of aromatic nitrogens is 1. The number of methoxy groups -OCH3 is 1. The van der Waals surface area contributed by atoms with Crippen LogP contribution >= 0.6 is 23.1 Å². The van der Waals surface area contributed by atoms with Crippen LogP contribution < -0.4 is 5.32 Å². The Morgan fingerprint density at radius 3 is 2.76 bits per heavy atom. The smallest absolute Gasteiger partial charge is 0.338 e. The normalized spacial score (nSPS) is 13.0. The van der Waals surface area contributed by atoms with E-state index in [4.69, 9.17) is 0 Å². The van der Waals surface area contributed by atoms with Gasteiger partial charge in [0.2, 0.25) is 0 Å². The van der Waals surface area contributed by atoms with Crippen LogP contribution in [0.25, 0.3) is 0 Å². The maximum absolute atomic E-state index is 12.4. The van der Waals surface area contributed by atoms with Crippen LogP contribution in [0.4, 0.5) is 10.8 Å². The van der Waals surface area contributed by atoms with Gasteiger partial charge in [-0.1, -0.05) is 0 Å². The van der Waals surface area contributed by atoms with Crippen molar-refractivity contribution in [1.29, 1.82) is 0 Å². The van der Waals surface area contributed by atoms with Crippen LogP contribution in [0.5, 0.6) is 0 Å². The molecule has 1 amide bonds. The Morgan fingerprint density at radius 1 is 1.32 bits per heavy atom. The number of benzene rings is 1. The summed E-state index contributed by atoms with van der Waals surface area (Å²) in [6.45, 7) is 0. The van der Waals surface area contributed by atoms with E-state index < -0.39 is 16.8 Å². The van der Waals surface area contributed by atoms with Crippen molar-refractivity contribution < 1.29 is 19.2 Å². The topological polar surface area (TPSA) is 111 Å². The zero-order valence-corrected chi connectivity index (χ0v) is 14.7. The molecule has 2 aromatic rings. The van der Waals surface area contributed by atoms with E-state index in [-0.39, 0.29) is 16.8 Å². The number of anilines is 1. The molecule has 0 unspecified atom stereocenters. The summed E-state index contributed by atoms with van der Waals surface area (Å²) >= 11 is 3.20. The second-order valence-corrected chi connectivity index (χ2v) is 7.35. The molecule has 1 N–H and O–H groups in total. The molecule has 25 heavy (non-hydrogen) atoms. The Hall–Kier alpha value is -2.46. The standard InChI is InChI=1S/C15H13N3O5S2/c1-23-14(20)9-4-8(5-10(6-9)18(21)22)13(19)17-15-16-11-2-3-24-7-12(11)25-15/h4-6H,2-3,7H2,1H3,(H,16,17,19). The lowest BCUT2D eigenvalue weighted by molar-refractivity contribution is -0.384. The molecular formula is C15H13N3O5S2. The highest BCUT2D eigenvalue weighted by molar-refractivity contribution is 7.98. The lowest BCUT2D eigenvalue weighted by Crippen LogP contribution is -2.14. The molecule has 1 aliphatic rings. The number of aryl methyl sites for hydroxylation is 1. The van der Waals surface area contributed by atoms with Crippen LogP contribution in [-0.4, -0.2) is 34.6 Å². The first-order valence-electron chi connectivity index (χ1n) is 7.23. The Bertz CT molecular complexity index is 841. The van der Waals surface area contributed by atoms with Crippen LogP contribution in [-0.2, 0) is 16.9 Å². The van der Waals surface area contributed by atoms with E-state index >= 15 is 0 Å². The SMILES string of the molecule is COC(=O)c1cc(C(=O)Nc2nc3c(s2)CSCC3)cc([N+](=O)[O-])c1. The van der Waals surface area contributed by atoms with Gasteiger partial charge in [0.1, 0.15) is 0 Å². The third kappa shape index (κ3) is 3.80. The minimum Gasteiger partial charge on any atom is -0.465 e. The maximum atomic E-state index is 12.4. The van der Waals surface area contributed by atoms with Crippen molar-refractivity contribution in [2.75, 3.05) is 18.2 Å². The van der Waals surface area contributed by atoms with E-state index in [1.165, 1.54) is 24.5 Å². The fraction of sp³-hybridized carbons (Fsp3) is 0.267. The molecule has 3 rings (SSSR count). The molecule has 10 heteroatoms. The third-order valence-electron chi connectivity index (χ3n) is 3.53. The summed E-state index contributed by atoms with van der Waals surface area (Å²) < 4.78 is 4.57. The zero-order valence-electron chi connectivity index (χ0n) is 13.1. The fourth-order valence-electron chi connectivity index (χ4n) is 2.33. The summed E-state index contributed by atoms with van der Waals surface area (Å²) in [5.74, 6) is 0.552. The molecule has 2 heterocycles. The number of fused-ring (bicyclic) bond motifs is 1. The second-order valence-electron chi connectivity index (χ2n) is 5.16. The van der Waals surface area contributed by atoms with E-state index in [2.05, 4.69) is 15.0 Å². The van der Waals surface area contributed by atoms with Gasteiger partial charge in [-0.25, -0.2) is 9.78 Å². The molecule has 0 fully saturated rings. The predicted molar refractivity (Wildman–Crippen MR) is 94.4 cm³/mol. The van der Waals surface area contributed by atoms with Gasteiger partial charge in [-0.3, -0.25) is 20.2 Å². The van der Waals surface area contributed by atoms with E-state index in [9.17, 15) is 19.7 Å². The molecule has 0 atom stereocenters. The molecule has 0 aliphatic carbocycles. The van der Waals surface area contributed by atoms with Crippen molar-refractivity contribution in [3.05, 3.63) is 50.0 Å². The van der Waals surface area contributed by atoms with Crippen LogP contribution in [0.3, 0.4) is 0 Å². The Morgan fingerprint density at radius 2 is 2.08 bits per heavy atom. The van der Waals surface area contributed by atoms with Crippen molar-refractivity contribution in [2.24, 2.45) is 0 Å². The van der Waals surface area contributed by atoms with Gasteiger partial charge in [-0.2, -0.15) is 11.8 Å². The second kappa shape index (κ2) is 7.19. The molecule has 0 radical (unpaired) electrons. The Balaban J connectivity index is 1.88. The number of hydrogen-bond acceptors (Lipinski definition) is 8. The number of nitro groups is 1. The van der Waals surface area contributed by atoms with Gasteiger partial charge in [0.05, 0.1) is 23.3 Å². The van der Waals surface area contributed by atoms with Gasteiger partial charge in [-0.05, 0) is 18.2 Å². The van der Waals surface area contributed by atoms with Crippen LogP contribution in [0.2, 0.25) is 0 Å². The zero-order chi connectivity index (χ0) is 18.0. The molecular weight excluding hydrogens is 366 g/mol. The number of carbonyl (C=O) groups is 2. The van der Waals surface area contributed by atoms with Crippen molar-refractivity contribution in [3.63, 3.8) is 0 Å². The third-order valence-corrected chi connectivity index (χ3v) is 5.71. The number of carbonyl (C=O) groups excluding carboxylic acids is 2. The van der Waals surface area contributed by atoms with Crippen LogP contribution in [0, 0.1) is 10.1 Å². The number of ether oxygens (including phenoxy) is 1. The summed E-state index contributed by atoms with van der Waals surface area (Å²) in [6, 6.07) is 3.45. The van der Waals surface area contributed by atoms with Gasteiger partial charge in [-0.15, -0.1) is 11.3 Å². The number of nitrogens with zero attached hydrogens (tertiary/aromatic N) is 2. The monoisotopic (exact) mass is 379 g/mol. The lowest BCUT2D eigenvalue weighted by atomic mass is 10.1. The summed E-state index contributed by atoms with van der Waals surface area (Å²) in [6.07, 6.45) is 0.857. The molecule has 8 nitrogen and oxygen atoms in total. The van der Waals surface area contributed by atoms with Gasteiger partial charge in [0.15, 0.2) is 5.13 Å². The van der Waals surface area contributed by atoms with Gasteiger partial charge in [0, 0.05) is 28.3 Å². The summed E-state index contributed by atoms with van der Waals surface area (Å²) in [5.41, 5.74) is 0.560. The van der Waals surface area contributed by atoms with Gasteiger partial charge < -0.3 is 4.74 Å². The summed E-state index contributed by atoms with van der Waals surface area (Å²) in [4.78, 5) is 40.0. The molecule has 0 bridgehead atoms. The number of esters is 1. The molecule has 1 aromatic carbocycles. The first kappa shape index (κ1) is 17.4. The lowest BCUT2D eigenvalue weighted by Gasteiger charge is -2.06. The number of thiazole rings is 1. The number of amides is 1. The van der Waals surface area contributed by atoms with E-state index in [1.807, 2.05) is 11.8 Å². The molecule has 0 saturated carbocycles. The van der Waals surface area contributed by atoms with E-state index in [0.29, 0.717) is 5.13 Å². The summed E-state index contributed by atoms with van der Waals surface area (Å²) in [5, 5.41) is 14.1. The Labute approximate surface area is 150 Å². The number of rotatable bonds is 4. The quantitative estimate of drug-likeness (QED) is 0.494. The average molecular weight is 379 g/mol. The molecule has 1 aromatic heterocycles. The number of thioether (sulfide) groups is 1. The van der Waals surface area contributed by atoms with Crippen molar-refractivity contribution in [1.82, 2.24) is 4.98 Å². The largest absolute Gasteiger partial charge is 0.465 e. The minimum absolute atomic E-state index is 0.00264. The van der Waals surface area contributed by atoms with Gasteiger partial charge >= 0.3 is 5.97 Å². The average Bonchev–Trinajstić information content (AvgIpc) is 3.02. The highest BCUT2D eigenvalue weighted by atomic mass is 32.2. The molecule has 130 valence electrons. The van der Waals surface area contributed by atoms with Crippen molar-refractivity contribution in [2.45, 2.75) is 12.2 Å². The number of nitro benzene ring substituents is 1. The first-order valence-corrected chi connectivity index (χ1v) is 9.20. The van der Waals surface area contributed by atoms with Crippen molar-refractivity contribution in [3.8, 4) is 0 Å². The maximum Gasteiger partial charge on any atom is 0.338 e. The summed E-state index contributed by atoms with van der Waals surface area (Å²) in [7, 11) is 1.17. The number of hydrogen-bond donors (Lipinski definition) is 1. The van der Waals surface area contributed by atoms with Gasteiger partial charge in [0.25, 0.3) is 11.6 Å². The Kier molecular flexibility index (Phi) is 5.00. The minimum atomic E-state index is -0.750.